The van der Waals surface area contributed by atoms with Gasteiger partial charge >= 0.3 is 11.9 Å². The van der Waals surface area contributed by atoms with Crippen LogP contribution in [-0.2, 0) is 30.4 Å². The van der Waals surface area contributed by atoms with Gasteiger partial charge in [-0.1, -0.05) is 60.7 Å². The summed E-state index contributed by atoms with van der Waals surface area (Å²) in [6, 6.07) is 18.3. The van der Waals surface area contributed by atoms with E-state index in [1.54, 1.807) is 0 Å². The van der Waals surface area contributed by atoms with Crippen molar-refractivity contribution < 1.29 is 23.8 Å². The third-order valence-electron chi connectivity index (χ3n) is 5.12. The Morgan fingerprint density at radius 2 is 1.50 bits per heavy atom. The third-order valence-corrected chi connectivity index (χ3v) is 5.12. The minimum Gasteiger partial charge on any atom is -0.469 e. The van der Waals surface area contributed by atoms with Gasteiger partial charge in [0.15, 0.2) is 0 Å². The molecular weight excluding hydrogens is 358 g/mol. The van der Waals surface area contributed by atoms with E-state index in [1.165, 1.54) is 14.2 Å². The highest BCUT2D eigenvalue weighted by atomic mass is 16.5. The van der Waals surface area contributed by atoms with Crippen LogP contribution in [0.2, 0.25) is 0 Å². The Balaban J connectivity index is 1.83. The van der Waals surface area contributed by atoms with E-state index in [4.69, 9.17) is 14.2 Å². The molecule has 1 aliphatic rings. The first kappa shape index (κ1) is 20.0. The number of rotatable bonds is 7. The predicted octanol–water partition coefficient (Wildman–Crippen LogP) is 2.49. The largest absolute Gasteiger partial charge is 0.469 e. The lowest BCUT2D eigenvalue weighted by Crippen LogP contribution is -2.39. The molecule has 6 nitrogen and oxygen atoms in total. The van der Waals surface area contributed by atoms with Crippen LogP contribution in [-0.4, -0.2) is 38.8 Å². The highest BCUT2D eigenvalue weighted by Crippen LogP contribution is 2.39. The maximum atomic E-state index is 12.6. The molecule has 0 aliphatic carbocycles. The number of ether oxygens (including phenoxy) is 3. The Kier molecular flexibility index (Phi) is 6.79. The minimum atomic E-state index is -0.657. The van der Waals surface area contributed by atoms with Crippen molar-refractivity contribution in [1.29, 1.82) is 0 Å². The van der Waals surface area contributed by atoms with Crippen LogP contribution < -0.4 is 5.32 Å². The number of esters is 2. The molecule has 1 saturated heterocycles. The molecule has 0 bridgehead atoms. The first-order chi connectivity index (χ1) is 13.7. The fourth-order valence-corrected chi connectivity index (χ4v) is 3.74. The molecule has 1 N–H and O–H groups in total. The Morgan fingerprint density at radius 1 is 0.893 bits per heavy atom. The quantitative estimate of drug-likeness (QED) is 0.741. The van der Waals surface area contributed by atoms with E-state index in [2.05, 4.69) is 5.32 Å². The van der Waals surface area contributed by atoms with Crippen molar-refractivity contribution in [2.45, 2.75) is 18.7 Å². The van der Waals surface area contributed by atoms with Crippen molar-refractivity contribution in [2.75, 3.05) is 20.8 Å². The van der Waals surface area contributed by atoms with E-state index in [-0.39, 0.29) is 18.6 Å². The van der Waals surface area contributed by atoms with Crippen molar-refractivity contribution in [3.8, 4) is 0 Å². The van der Waals surface area contributed by atoms with Gasteiger partial charge < -0.3 is 14.2 Å². The lowest BCUT2D eigenvalue weighted by Gasteiger charge is -2.23. The fraction of sp³-hybridized carbons (Fsp3) is 0.364. The maximum Gasteiger partial charge on any atom is 0.323 e. The monoisotopic (exact) mass is 383 g/mol. The average Bonchev–Trinajstić information content (AvgIpc) is 3.13. The van der Waals surface area contributed by atoms with Crippen molar-refractivity contribution in [1.82, 2.24) is 5.32 Å². The van der Waals surface area contributed by atoms with Crippen LogP contribution in [0.4, 0.5) is 0 Å². The number of carbonyl (C=O) groups is 2. The van der Waals surface area contributed by atoms with E-state index >= 15 is 0 Å². The number of benzene rings is 2. The normalized spacial score (nSPS) is 23.9. The highest BCUT2D eigenvalue weighted by molar-refractivity contribution is 5.81. The van der Waals surface area contributed by atoms with Gasteiger partial charge in [0.2, 0.25) is 0 Å². The summed E-state index contributed by atoms with van der Waals surface area (Å²) in [6.45, 7) is 0.625. The van der Waals surface area contributed by atoms with Crippen molar-refractivity contribution in [2.24, 2.45) is 11.8 Å². The zero-order valence-electron chi connectivity index (χ0n) is 16.0. The van der Waals surface area contributed by atoms with Crippen LogP contribution in [0, 0.1) is 11.8 Å². The Bertz CT molecular complexity index is 780. The van der Waals surface area contributed by atoms with Crippen molar-refractivity contribution in [3.05, 3.63) is 71.8 Å². The molecule has 0 saturated carbocycles. The molecule has 4 unspecified atom stereocenters. The van der Waals surface area contributed by atoms with Crippen molar-refractivity contribution in [3.63, 3.8) is 0 Å². The molecule has 6 heteroatoms. The molecule has 0 aromatic heterocycles. The molecular formula is C22H25NO5. The third kappa shape index (κ3) is 4.40. The standard InChI is InChI=1S/C22H25NO5/c1-26-21(24)18-17(14-28-13-15-9-5-3-6-10-15)20(22(25)27-2)23-19(18)16-11-7-4-8-12-16/h3-12,17-20,23H,13-14H2,1-2H3. The van der Waals surface area contributed by atoms with Gasteiger partial charge in [0, 0.05) is 12.0 Å². The molecule has 2 aromatic carbocycles. The summed E-state index contributed by atoms with van der Waals surface area (Å²) in [4.78, 5) is 25.0. The lowest BCUT2D eigenvalue weighted by molar-refractivity contribution is -0.149. The first-order valence-electron chi connectivity index (χ1n) is 9.24. The summed E-state index contributed by atoms with van der Waals surface area (Å²) in [5, 5.41) is 3.27. The summed E-state index contributed by atoms with van der Waals surface area (Å²) < 4.78 is 15.9. The van der Waals surface area contributed by atoms with Crippen LogP contribution in [0.5, 0.6) is 0 Å². The highest BCUT2D eigenvalue weighted by Gasteiger charge is 2.51. The second-order valence-corrected chi connectivity index (χ2v) is 6.77. The second-order valence-electron chi connectivity index (χ2n) is 6.77. The van der Waals surface area contributed by atoms with Crippen LogP contribution in [0.3, 0.4) is 0 Å². The zero-order valence-corrected chi connectivity index (χ0v) is 16.0. The molecule has 0 amide bonds. The maximum absolute atomic E-state index is 12.6. The second kappa shape index (κ2) is 9.48. The van der Waals surface area contributed by atoms with E-state index in [0.29, 0.717) is 6.61 Å². The topological polar surface area (TPSA) is 73.9 Å². The summed E-state index contributed by atoms with van der Waals surface area (Å²) in [5.74, 6) is -1.76. The first-order valence-corrected chi connectivity index (χ1v) is 9.24. The van der Waals surface area contributed by atoms with Crippen LogP contribution in [0.1, 0.15) is 17.2 Å². The van der Waals surface area contributed by atoms with Gasteiger partial charge in [-0.25, -0.2) is 0 Å². The Hall–Kier alpha value is -2.70. The van der Waals surface area contributed by atoms with Gasteiger partial charge in [0.25, 0.3) is 0 Å². The minimum absolute atomic E-state index is 0.227. The smallest absolute Gasteiger partial charge is 0.323 e. The van der Waals surface area contributed by atoms with Gasteiger partial charge in [-0.3, -0.25) is 14.9 Å². The molecule has 1 heterocycles. The molecule has 3 rings (SSSR count). The van der Waals surface area contributed by atoms with E-state index in [0.717, 1.165) is 11.1 Å². The molecule has 0 radical (unpaired) electrons. The summed E-state index contributed by atoms with van der Waals surface area (Å²) in [7, 11) is 2.70. The van der Waals surface area contributed by atoms with Crippen LogP contribution in [0.15, 0.2) is 60.7 Å². The van der Waals surface area contributed by atoms with Gasteiger partial charge in [-0.15, -0.1) is 0 Å². The zero-order chi connectivity index (χ0) is 19.9. The lowest BCUT2D eigenvalue weighted by atomic mass is 9.85. The predicted molar refractivity (Wildman–Crippen MR) is 103 cm³/mol. The molecule has 148 valence electrons. The fourth-order valence-electron chi connectivity index (χ4n) is 3.74. The summed E-state index contributed by atoms with van der Waals surface area (Å²) >= 11 is 0. The number of nitrogens with one attached hydrogen (secondary N) is 1. The number of hydrogen-bond donors (Lipinski definition) is 1. The van der Waals surface area contributed by atoms with E-state index < -0.39 is 23.8 Å². The van der Waals surface area contributed by atoms with Gasteiger partial charge in [-0.05, 0) is 11.1 Å². The van der Waals surface area contributed by atoms with Gasteiger partial charge in [-0.2, -0.15) is 0 Å². The molecule has 2 aromatic rings. The van der Waals surface area contributed by atoms with Gasteiger partial charge in [0.1, 0.15) is 6.04 Å². The molecule has 1 fully saturated rings. The Labute approximate surface area is 164 Å². The Morgan fingerprint density at radius 3 is 2.11 bits per heavy atom. The molecule has 28 heavy (non-hydrogen) atoms. The number of methoxy groups -OCH3 is 2. The number of carbonyl (C=O) groups excluding carboxylic acids is 2. The van der Waals surface area contributed by atoms with E-state index in [9.17, 15) is 9.59 Å². The van der Waals surface area contributed by atoms with Crippen molar-refractivity contribution >= 4 is 11.9 Å². The summed E-state index contributed by atoms with van der Waals surface area (Å²) in [5.41, 5.74) is 1.94. The molecule has 4 atom stereocenters. The summed E-state index contributed by atoms with van der Waals surface area (Å²) in [6.07, 6.45) is 0. The van der Waals surface area contributed by atoms with Crippen LogP contribution in [0.25, 0.3) is 0 Å². The van der Waals surface area contributed by atoms with Crippen LogP contribution >= 0.6 is 0 Å². The molecule has 0 spiro atoms. The average molecular weight is 383 g/mol. The number of hydrogen-bond acceptors (Lipinski definition) is 6. The SMILES string of the molecule is COC(=O)C1NC(c2ccccc2)C(C(=O)OC)C1COCc1ccccc1. The molecule has 1 aliphatic heterocycles. The van der Waals surface area contributed by atoms with Gasteiger partial charge in [0.05, 0.1) is 33.4 Å². The van der Waals surface area contributed by atoms with E-state index in [1.807, 2.05) is 60.7 Å².